The third kappa shape index (κ3) is 2.89. The Morgan fingerprint density at radius 3 is 2.75 bits per heavy atom. The van der Waals surface area contributed by atoms with Gasteiger partial charge in [0.1, 0.15) is 5.82 Å². The maximum absolute atomic E-state index is 4.42. The van der Waals surface area contributed by atoms with Crippen LogP contribution in [0, 0.1) is 6.92 Å². The molecule has 0 spiro atoms. The van der Waals surface area contributed by atoms with Crippen molar-refractivity contribution in [3.8, 4) is 0 Å². The van der Waals surface area contributed by atoms with Crippen molar-refractivity contribution >= 4 is 23.5 Å². The van der Waals surface area contributed by atoms with Crippen LogP contribution >= 0.6 is 11.3 Å². The van der Waals surface area contributed by atoms with Crippen molar-refractivity contribution < 1.29 is 0 Å². The van der Waals surface area contributed by atoms with E-state index >= 15 is 0 Å². The van der Waals surface area contributed by atoms with Crippen LogP contribution < -0.4 is 0 Å². The Morgan fingerprint density at radius 1 is 1.15 bits per heavy atom. The first-order chi connectivity index (χ1) is 9.83. The van der Waals surface area contributed by atoms with E-state index in [4.69, 9.17) is 0 Å². The predicted octanol–water partition coefficient (Wildman–Crippen LogP) is 4.47. The van der Waals surface area contributed by atoms with Crippen molar-refractivity contribution in [2.75, 3.05) is 0 Å². The fraction of sp³-hybridized carbons (Fsp3) is 0.118. The van der Waals surface area contributed by atoms with Gasteiger partial charge in [0, 0.05) is 23.8 Å². The van der Waals surface area contributed by atoms with E-state index < -0.39 is 0 Å². The highest BCUT2D eigenvalue weighted by Gasteiger charge is 2.01. The lowest BCUT2D eigenvalue weighted by atomic mass is 10.2. The van der Waals surface area contributed by atoms with E-state index in [1.165, 1.54) is 16.0 Å². The van der Waals surface area contributed by atoms with Gasteiger partial charge in [-0.15, -0.1) is 11.3 Å². The van der Waals surface area contributed by atoms with Crippen LogP contribution in [-0.2, 0) is 6.54 Å². The number of rotatable bonds is 4. The van der Waals surface area contributed by atoms with Gasteiger partial charge in [0.2, 0.25) is 0 Å². The molecule has 0 radical (unpaired) electrons. The van der Waals surface area contributed by atoms with Crippen molar-refractivity contribution in [3.05, 3.63) is 76.0 Å². The summed E-state index contributed by atoms with van der Waals surface area (Å²) >= 11 is 1.76. The second kappa shape index (κ2) is 5.88. The van der Waals surface area contributed by atoms with E-state index in [-0.39, 0.29) is 0 Å². The van der Waals surface area contributed by atoms with Crippen molar-refractivity contribution in [3.63, 3.8) is 0 Å². The SMILES string of the molecule is Cc1ccsc1C=Cc1nccn1Cc1ccccc1. The summed E-state index contributed by atoms with van der Waals surface area (Å²) in [7, 11) is 0. The Balaban J connectivity index is 1.80. The molecule has 0 bridgehead atoms. The molecule has 0 amide bonds. The third-order valence-electron chi connectivity index (χ3n) is 3.23. The number of hydrogen-bond acceptors (Lipinski definition) is 2. The van der Waals surface area contributed by atoms with Gasteiger partial charge < -0.3 is 4.57 Å². The zero-order valence-corrected chi connectivity index (χ0v) is 12.2. The van der Waals surface area contributed by atoms with Crippen LogP contribution in [0.25, 0.3) is 12.2 Å². The van der Waals surface area contributed by atoms with Gasteiger partial charge in [-0.3, -0.25) is 0 Å². The normalized spacial score (nSPS) is 11.2. The molecule has 100 valence electrons. The Morgan fingerprint density at radius 2 is 2.00 bits per heavy atom. The van der Waals surface area contributed by atoms with Crippen molar-refractivity contribution in [2.45, 2.75) is 13.5 Å². The largest absolute Gasteiger partial charge is 0.327 e. The summed E-state index contributed by atoms with van der Waals surface area (Å²) in [5.74, 6) is 0.988. The molecule has 0 saturated heterocycles. The Kier molecular flexibility index (Phi) is 3.79. The first-order valence-electron chi connectivity index (χ1n) is 6.60. The lowest BCUT2D eigenvalue weighted by Gasteiger charge is -2.05. The highest BCUT2D eigenvalue weighted by atomic mass is 32.1. The van der Waals surface area contributed by atoms with Gasteiger partial charge in [-0.25, -0.2) is 4.98 Å². The third-order valence-corrected chi connectivity index (χ3v) is 4.21. The number of hydrogen-bond donors (Lipinski definition) is 0. The van der Waals surface area contributed by atoms with Crippen LogP contribution in [0.2, 0.25) is 0 Å². The van der Waals surface area contributed by atoms with E-state index in [0.29, 0.717) is 0 Å². The summed E-state index contributed by atoms with van der Waals surface area (Å²) in [4.78, 5) is 5.71. The molecule has 0 saturated carbocycles. The summed E-state index contributed by atoms with van der Waals surface area (Å²) in [6.07, 6.45) is 8.10. The fourth-order valence-electron chi connectivity index (χ4n) is 2.10. The van der Waals surface area contributed by atoms with E-state index in [2.05, 4.69) is 64.3 Å². The van der Waals surface area contributed by atoms with E-state index in [0.717, 1.165) is 12.4 Å². The Hall–Kier alpha value is -2.13. The molecule has 0 aliphatic carbocycles. The molecule has 2 aromatic heterocycles. The number of imidazole rings is 1. The molecule has 0 unspecified atom stereocenters. The zero-order chi connectivity index (χ0) is 13.8. The molecule has 0 N–H and O–H groups in total. The first kappa shape index (κ1) is 12.9. The van der Waals surface area contributed by atoms with Crippen LogP contribution in [0.15, 0.2) is 54.2 Å². The van der Waals surface area contributed by atoms with Gasteiger partial charge in [-0.05, 0) is 41.6 Å². The van der Waals surface area contributed by atoms with Crippen molar-refractivity contribution in [2.24, 2.45) is 0 Å². The number of aromatic nitrogens is 2. The van der Waals surface area contributed by atoms with Crippen LogP contribution in [0.4, 0.5) is 0 Å². The summed E-state index contributed by atoms with van der Waals surface area (Å²) in [5.41, 5.74) is 2.60. The quantitative estimate of drug-likeness (QED) is 0.689. The molecular weight excluding hydrogens is 264 g/mol. The molecule has 0 aliphatic heterocycles. The second-order valence-corrected chi connectivity index (χ2v) is 5.65. The minimum atomic E-state index is 0.851. The van der Waals surface area contributed by atoms with Gasteiger partial charge >= 0.3 is 0 Å². The summed E-state index contributed by atoms with van der Waals surface area (Å²) in [6, 6.07) is 12.6. The average molecular weight is 280 g/mol. The Bertz CT molecular complexity index is 707. The van der Waals surface area contributed by atoms with Crippen LogP contribution in [0.3, 0.4) is 0 Å². The molecule has 3 aromatic rings. The number of nitrogens with zero attached hydrogens (tertiary/aromatic N) is 2. The maximum Gasteiger partial charge on any atom is 0.132 e. The Labute approximate surface area is 123 Å². The van der Waals surface area contributed by atoms with Gasteiger partial charge in [0.15, 0.2) is 0 Å². The first-order valence-corrected chi connectivity index (χ1v) is 7.48. The monoisotopic (exact) mass is 280 g/mol. The summed E-state index contributed by atoms with van der Waals surface area (Å²) in [5, 5.41) is 2.12. The number of aryl methyl sites for hydroxylation is 1. The van der Waals surface area contributed by atoms with Gasteiger partial charge in [0.05, 0.1) is 0 Å². The minimum Gasteiger partial charge on any atom is -0.327 e. The molecule has 2 heterocycles. The van der Waals surface area contributed by atoms with E-state index in [9.17, 15) is 0 Å². The van der Waals surface area contributed by atoms with Crippen LogP contribution in [-0.4, -0.2) is 9.55 Å². The predicted molar refractivity (Wildman–Crippen MR) is 85.8 cm³/mol. The summed E-state index contributed by atoms with van der Waals surface area (Å²) in [6.45, 7) is 2.98. The van der Waals surface area contributed by atoms with Crippen LogP contribution in [0.5, 0.6) is 0 Å². The second-order valence-electron chi connectivity index (χ2n) is 4.70. The fourth-order valence-corrected chi connectivity index (χ4v) is 2.92. The van der Waals surface area contributed by atoms with Crippen molar-refractivity contribution in [1.29, 1.82) is 0 Å². The topological polar surface area (TPSA) is 17.8 Å². The average Bonchev–Trinajstić information content (AvgIpc) is 3.07. The minimum absolute atomic E-state index is 0.851. The van der Waals surface area contributed by atoms with Crippen LogP contribution in [0.1, 0.15) is 21.8 Å². The maximum atomic E-state index is 4.42. The molecule has 3 heteroatoms. The van der Waals surface area contributed by atoms with Gasteiger partial charge in [0.25, 0.3) is 0 Å². The van der Waals surface area contributed by atoms with E-state index in [1.54, 1.807) is 11.3 Å². The van der Waals surface area contributed by atoms with Crippen molar-refractivity contribution in [1.82, 2.24) is 9.55 Å². The van der Waals surface area contributed by atoms with Gasteiger partial charge in [-0.2, -0.15) is 0 Å². The lowest BCUT2D eigenvalue weighted by molar-refractivity contribution is 0.787. The lowest BCUT2D eigenvalue weighted by Crippen LogP contribution is -2.00. The highest BCUT2D eigenvalue weighted by molar-refractivity contribution is 7.11. The number of thiophene rings is 1. The number of benzene rings is 1. The van der Waals surface area contributed by atoms with Gasteiger partial charge in [-0.1, -0.05) is 30.3 Å². The molecule has 0 aliphatic rings. The molecule has 0 fully saturated rings. The molecule has 0 atom stereocenters. The smallest absolute Gasteiger partial charge is 0.132 e. The highest BCUT2D eigenvalue weighted by Crippen LogP contribution is 2.18. The molecule has 1 aromatic carbocycles. The molecular formula is C17H16N2S. The zero-order valence-electron chi connectivity index (χ0n) is 11.4. The standard InChI is InChI=1S/C17H16N2S/c1-14-9-12-20-16(14)7-8-17-18-10-11-19(17)13-15-5-3-2-4-6-15/h2-12H,13H2,1H3. The molecule has 20 heavy (non-hydrogen) atoms. The molecule has 2 nitrogen and oxygen atoms in total. The van der Waals surface area contributed by atoms with E-state index in [1.807, 2.05) is 18.5 Å². The summed E-state index contributed by atoms with van der Waals surface area (Å²) < 4.78 is 2.16. The molecule has 3 rings (SSSR count).